The monoisotopic (exact) mass is 277 g/mol. The van der Waals surface area contributed by atoms with Crippen LogP contribution in [0.3, 0.4) is 0 Å². The smallest absolute Gasteiger partial charge is 0.243 e. The second-order valence-electron chi connectivity index (χ2n) is 3.53. The van der Waals surface area contributed by atoms with Crippen molar-refractivity contribution in [1.82, 2.24) is 4.31 Å². The molecule has 0 aliphatic rings. The lowest BCUT2D eigenvalue weighted by Gasteiger charge is -2.20. The molecule has 4 nitrogen and oxygen atoms in total. The minimum atomic E-state index is -3.51. The van der Waals surface area contributed by atoms with Crippen molar-refractivity contribution in [3.63, 3.8) is 0 Å². The van der Waals surface area contributed by atoms with E-state index in [9.17, 15) is 8.42 Å². The maximum atomic E-state index is 12.2. The molecule has 6 heteroatoms. The van der Waals surface area contributed by atoms with E-state index in [1.165, 1.54) is 16.4 Å². The van der Waals surface area contributed by atoms with E-state index in [0.29, 0.717) is 24.5 Å². The Labute approximate surface area is 107 Å². The Morgan fingerprint density at radius 3 is 2.65 bits per heavy atom. The van der Waals surface area contributed by atoms with Crippen molar-refractivity contribution in [2.24, 2.45) is 0 Å². The molecule has 0 amide bonds. The van der Waals surface area contributed by atoms with Gasteiger partial charge in [0.15, 0.2) is 0 Å². The quantitative estimate of drug-likeness (QED) is 0.862. The van der Waals surface area contributed by atoms with Crippen LogP contribution in [0.2, 0.25) is 5.02 Å². The Bertz CT molecular complexity index is 462. The van der Waals surface area contributed by atoms with Crippen molar-refractivity contribution in [2.75, 3.05) is 19.7 Å². The molecule has 1 aromatic rings. The van der Waals surface area contributed by atoms with Crippen LogP contribution in [0.5, 0.6) is 0 Å². The van der Waals surface area contributed by atoms with Gasteiger partial charge in [0.2, 0.25) is 10.0 Å². The number of benzene rings is 1. The molecular formula is C11H16ClNO3S. The summed E-state index contributed by atoms with van der Waals surface area (Å²) in [6.45, 7) is 2.41. The zero-order valence-corrected chi connectivity index (χ0v) is 11.2. The van der Waals surface area contributed by atoms with Gasteiger partial charge in [0.1, 0.15) is 0 Å². The van der Waals surface area contributed by atoms with Crippen LogP contribution in [-0.2, 0) is 10.0 Å². The lowest BCUT2D eigenvalue weighted by molar-refractivity contribution is 0.271. The summed E-state index contributed by atoms with van der Waals surface area (Å²) < 4.78 is 25.7. The Kier molecular flexibility index (Phi) is 5.39. The zero-order chi connectivity index (χ0) is 12.9. The van der Waals surface area contributed by atoms with Crippen LogP contribution in [0.15, 0.2) is 29.2 Å². The van der Waals surface area contributed by atoms with E-state index in [0.717, 1.165) is 0 Å². The SMILES string of the molecule is CCN(CCCO)S(=O)(=O)c1cccc(Cl)c1. The number of rotatable bonds is 6. The Morgan fingerprint density at radius 2 is 2.12 bits per heavy atom. The maximum absolute atomic E-state index is 12.2. The van der Waals surface area contributed by atoms with E-state index < -0.39 is 10.0 Å². The fourth-order valence-corrected chi connectivity index (χ4v) is 3.26. The number of nitrogens with zero attached hydrogens (tertiary/aromatic N) is 1. The normalized spacial score (nSPS) is 12.0. The lowest BCUT2D eigenvalue weighted by Crippen LogP contribution is -2.32. The number of aliphatic hydroxyl groups is 1. The van der Waals surface area contributed by atoms with Gasteiger partial charge < -0.3 is 5.11 Å². The van der Waals surface area contributed by atoms with E-state index >= 15 is 0 Å². The van der Waals surface area contributed by atoms with Crippen LogP contribution in [0.25, 0.3) is 0 Å². The van der Waals surface area contributed by atoms with Crippen molar-refractivity contribution in [3.8, 4) is 0 Å². The average Bonchev–Trinajstić information content (AvgIpc) is 2.30. The number of aliphatic hydroxyl groups excluding tert-OH is 1. The molecule has 0 heterocycles. The van der Waals surface area contributed by atoms with Crippen molar-refractivity contribution < 1.29 is 13.5 Å². The largest absolute Gasteiger partial charge is 0.396 e. The predicted octanol–water partition coefficient (Wildman–Crippen LogP) is 1.73. The molecule has 0 unspecified atom stereocenters. The summed E-state index contributed by atoms with van der Waals surface area (Å²) in [5, 5.41) is 9.14. The number of hydrogen-bond acceptors (Lipinski definition) is 3. The van der Waals surface area contributed by atoms with E-state index in [-0.39, 0.29) is 11.5 Å². The first kappa shape index (κ1) is 14.4. The second-order valence-corrected chi connectivity index (χ2v) is 5.91. The van der Waals surface area contributed by atoms with E-state index in [4.69, 9.17) is 16.7 Å². The van der Waals surface area contributed by atoms with Gasteiger partial charge in [-0.2, -0.15) is 4.31 Å². The second kappa shape index (κ2) is 6.35. The number of halogens is 1. The van der Waals surface area contributed by atoms with E-state index in [2.05, 4.69) is 0 Å². The topological polar surface area (TPSA) is 57.6 Å². The first-order valence-corrected chi connectivity index (χ1v) is 7.20. The van der Waals surface area contributed by atoms with Gasteiger partial charge in [-0.3, -0.25) is 0 Å². The third kappa shape index (κ3) is 3.67. The molecule has 17 heavy (non-hydrogen) atoms. The van der Waals surface area contributed by atoms with Crippen LogP contribution in [-0.4, -0.2) is 37.5 Å². The van der Waals surface area contributed by atoms with Crippen molar-refractivity contribution in [2.45, 2.75) is 18.2 Å². The average molecular weight is 278 g/mol. The molecule has 0 saturated carbocycles. The van der Waals surface area contributed by atoms with Gasteiger partial charge in [-0.05, 0) is 24.6 Å². The molecule has 0 saturated heterocycles. The Balaban J connectivity index is 3.00. The third-order valence-electron chi connectivity index (χ3n) is 2.35. The highest BCUT2D eigenvalue weighted by Crippen LogP contribution is 2.19. The molecule has 0 aliphatic carbocycles. The molecule has 0 atom stereocenters. The summed E-state index contributed by atoms with van der Waals surface area (Å²) >= 11 is 5.78. The summed E-state index contributed by atoms with van der Waals surface area (Å²) in [5.41, 5.74) is 0. The fourth-order valence-electron chi connectivity index (χ4n) is 1.47. The number of hydrogen-bond donors (Lipinski definition) is 1. The fraction of sp³-hybridized carbons (Fsp3) is 0.455. The third-order valence-corrected chi connectivity index (χ3v) is 4.56. The van der Waals surface area contributed by atoms with E-state index in [1.807, 2.05) is 0 Å². The molecule has 0 bridgehead atoms. The summed E-state index contributed by atoms with van der Waals surface area (Å²) in [6, 6.07) is 6.18. The van der Waals surface area contributed by atoms with Gasteiger partial charge in [-0.15, -0.1) is 0 Å². The molecule has 0 fully saturated rings. The molecule has 0 radical (unpaired) electrons. The zero-order valence-electron chi connectivity index (χ0n) is 9.63. The molecule has 96 valence electrons. The van der Waals surface area contributed by atoms with Gasteiger partial charge in [-0.1, -0.05) is 24.6 Å². The van der Waals surface area contributed by atoms with Gasteiger partial charge in [0.05, 0.1) is 4.90 Å². The van der Waals surface area contributed by atoms with Gasteiger partial charge >= 0.3 is 0 Å². The lowest BCUT2D eigenvalue weighted by atomic mass is 10.4. The molecule has 0 spiro atoms. The summed E-state index contributed by atoms with van der Waals surface area (Å²) in [5.74, 6) is 0. The number of sulfonamides is 1. The predicted molar refractivity (Wildman–Crippen MR) is 67.6 cm³/mol. The summed E-state index contributed by atoms with van der Waals surface area (Å²) in [7, 11) is -3.51. The molecular weight excluding hydrogens is 262 g/mol. The first-order valence-electron chi connectivity index (χ1n) is 5.39. The van der Waals surface area contributed by atoms with Crippen molar-refractivity contribution in [1.29, 1.82) is 0 Å². The molecule has 0 aliphatic heterocycles. The summed E-state index contributed by atoms with van der Waals surface area (Å²) in [6.07, 6.45) is 0.424. The molecule has 0 aromatic heterocycles. The maximum Gasteiger partial charge on any atom is 0.243 e. The highest BCUT2D eigenvalue weighted by molar-refractivity contribution is 7.89. The van der Waals surface area contributed by atoms with Crippen LogP contribution in [0.1, 0.15) is 13.3 Å². The Morgan fingerprint density at radius 1 is 1.41 bits per heavy atom. The molecule has 1 rings (SSSR count). The van der Waals surface area contributed by atoms with Crippen molar-refractivity contribution >= 4 is 21.6 Å². The molecule has 1 aromatic carbocycles. The van der Waals surface area contributed by atoms with Crippen molar-refractivity contribution in [3.05, 3.63) is 29.3 Å². The van der Waals surface area contributed by atoms with Gasteiger partial charge in [0, 0.05) is 24.7 Å². The standard InChI is InChI=1S/C11H16ClNO3S/c1-2-13(7-4-8-14)17(15,16)11-6-3-5-10(12)9-11/h3,5-6,9,14H,2,4,7-8H2,1H3. The van der Waals surface area contributed by atoms with Crippen LogP contribution in [0, 0.1) is 0 Å². The van der Waals surface area contributed by atoms with Gasteiger partial charge in [0.25, 0.3) is 0 Å². The Hall–Kier alpha value is -0.620. The highest BCUT2D eigenvalue weighted by Gasteiger charge is 2.22. The first-order chi connectivity index (χ1) is 8.02. The van der Waals surface area contributed by atoms with Crippen LogP contribution >= 0.6 is 11.6 Å². The van der Waals surface area contributed by atoms with Crippen LogP contribution < -0.4 is 0 Å². The minimum absolute atomic E-state index is 0.0262. The van der Waals surface area contributed by atoms with Crippen LogP contribution in [0.4, 0.5) is 0 Å². The minimum Gasteiger partial charge on any atom is -0.396 e. The van der Waals surface area contributed by atoms with Gasteiger partial charge in [-0.25, -0.2) is 8.42 Å². The highest BCUT2D eigenvalue weighted by atomic mass is 35.5. The van der Waals surface area contributed by atoms with E-state index in [1.54, 1.807) is 19.1 Å². The molecule has 1 N–H and O–H groups in total. The summed E-state index contributed by atoms with van der Waals surface area (Å²) in [4.78, 5) is 0.185.